The minimum absolute atomic E-state index is 0.439. The molecule has 0 aliphatic carbocycles. The molecule has 0 aliphatic rings. The Bertz CT molecular complexity index is 744. The Morgan fingerprint density at radius 2 is 1.79 bits per heavy atom. The molecule has 0 amide bonds. The number of anilines is 2. The number of rotatable bonds is 10. The number of nitrogens with zero attached hydrogens (tertiary/aromatic N) is 2. The fraction of sp³-hybridized carbons (Fsp3) is 0.364. The summed E-state index contributed by atoms with van der Waals surface area (Å²) in [7, 11) is 0. The molecule has 0 heterocycles. The summed E-state index contributed by atoms with van der Waals surface area (Å²) in [6, 6.07) is 16.0. The van der Waals surface area contributed by atoms with Crippen LogP contribution in [0.4, 0.5) is 11.4 Å². The lowest BCUT2D eigenvalue weighted by molar-refractivity contribution is 0.340. The van der Waals surface area contributed by atoms with E-state index < -0.39 is 0 Å². The lowest BCUT2D eigenvalue weighted by Gasteiger charge is -2.22. The van der Waals surface area contributed by atoms with Gasteiger partial charge in [-0.1, -0.05) is 25.5 Å². The van der Waals surface area contributed by atoms with E-state index in [2.05, 4.69) is 58.9 Å². The lowest BCUT2D eigenvalue weighted by atomic mass is 10.2. The lowest BCUT2D eigenvalue weighted by Crippen LogP contribution is -2.24. The van der Waals surface area contributed by atoms with E-state index in [1.54, 1.807) is 6.21 Å². The van der Waals surface area contributed by atoms with Gasteiger partial charge in [0.15, 0.2) is 5.11 Å². The maximum atomic E-state index is 5.43. The van der Waals surface area contributed by atoms with Gasteiger partial charge in [-0.05, 0) is 74.4 Å². The fourth-order valence-electron chi connectivity index (χ4n) is 2.72. The van der Waals surface area contributed by atoms with Gasteiger partial charge in [0, 0.05) is 24.5 Å². The van der Waals surface area contributed by atoms with E-state index in [0.717, 1.165) is 30.1 Å². The first-order valence-corrected chi connectivity index (χ1v) is 10.2. The molecule has 0 aliphatic heterocycles. The van der Waals surface area contributed by atoms with Gasteiger partial charge in [-0.15, -0.1) is 0 Å². The molecule has 2 aromatic carbocycles. The van der Waals surface area contributed by atoms with E-state index in [-0.39, 0.29) is 0 Å². The van der Waals surface area contributed by atoms with Gasteiger partial charge in [-0.25, -0.2) is 0 Å². The standard InChI is InChI=1S/C22H30N4OS/c1-4-7-16-26(5-2)20-12-8-18(9-13-20)17-23-25-22(28)24-19-10-14-21(15-11-19)27-6-3/h8-15,17H,4-7,16H2,1-3H3,(H2,24,25,28)/b23-17+. The van der Waals surface area contributed by atoms with Gasteiger partial charge in [-0.2, -0.15) is 5.10 Å². The van der Waals surface area contributed by atoms with Crippen LogP contribution in [-0.4, -0.2) is 31.0 Å². The minimum Gasteiger partial charge on any atom is -0.494 e. The molecule has 2 N–H and O–H groups in total. The Morgan fingerprint density at radius 3 is 2.39 bits per heavy atom. The Kier molecular flexibility index (Phi) is 9.28. The third-order valence-electron chi connectivity index (χ3n) is 4.22. The highest BCUT2D eigenvalue weighted by atomic mass is 32.1. The van der Waals surface area contributed by atoms with Gasteiger partial charge in [0.25, 0.3) is 0 Å². The molecule has 0 spiro atoms. The van der Waals surface area contributed by atoms with Crippen molar-refractivity contribution in [3.63, 3.8) is 0 Å². The Labute approximate surface area is 173 Å². The van der Waals surface area contributed by atoms with E-state index in [1.165, 1.54) is 18.5 Å². The Balaban J connectivity index is 1.83. The monoisotopic (exact) mass is 398 g/mol. The molecule has 0 aromatic heterocycles. The number of hydrogen-bond acceptors (Lipinski definition) is 4. The van der Waals surface area contributed by atoms with Crippen molar-refractivity contribution in [3.05, 3.63) is 54.1 Å². The van der Waals surface area contributed by atoms with Crippen molar-refractivity contribution >= 4 is 34.9 Å². The molecule has 0 saturated heterocycles. The normalized spacial score (nSPS) is 10.7. The molecule has 0 fully saturated rings. The van der Waals surface area contributed by atoms with Crippen molar-refractivity contribution in [3.8, 4) is 5.75 Å². The summed E-state index contributed by atoms with van der Waals surface area (Å²) in [6.45, 7) is 9.12. The van der Waals surface area contributed by atoms with E-state index in [4.69, 9.17) is 17.0 Å². The van der Waals surface area contributed by atoms with Gasteiger partial charge in [0.2, 0.25) is 0 Å². The molecule has 2 aromatic rings. The molecule has 0 bridgehead atoms. The summed E-state index contributed by atoms with van der Waals surface area (Å²) in [4.78, 5) is 2.39. The van der Waals surface area contributed by atoms with E-state index >= 15 is 0 Å². The van der Waals surface area contributed by atoms with Crippen molar-refractivity contribution < 1.29 is 4.74 Å². The summed E-state index contributed by atoms with van der Waals surface area (Å²) in [5.41, 5.74) is 5.99. The second-order valence-electron chi connectivity index (χ2n) is 6.31. The molecule has 2 rings (SSSR count). The van der Waals surface area contributed by atoms with Crippen LogP contribution in [0.1, 0.15) is 39.2 Å². The van der Waals surface area contributed by atoms with Gasteiger partial charge >= 0.3 is 0 Å². The van der Waals surface area contributed by atoms with Crippen LogP contribution in [0.5, 0.6) is 5.75 Å². The molecule has 0 atom stereocenters. The molecule has 5 nitrogen and oxygen atoms in total. The van der Waals surface area contributed by atoms with Crippen LogP contribution in [-0.2, 0) is 0 Å². The van der Waals surface area contributed by atoms with Crippen molar-refractivity contribution in [2.24, 2.45) is 5.10 Å². The zero-order chi connectivity index (χ0) is 20.2. The Morgan fingerprint density at radius 1 is 1.07 bits per heavy atom. The number of hydrogen-bond donors (Lipinski definition) is 2. The largest absolute Gasteiger partial charge is 0.494 e. The van der Waals surface area contributed by atoms with Crippen LogP contribution in [0.2, 0.25) is 0 Å². The number of hydrazone groups is 1. The molecule has 0 radical (unpaired) electrons. The van der Waals surface area contributed by atoms with Gasteiger partial charge < -0.3 is 15.0 Å². The number of benzene rings is 2. The van der Waals surface area contributed by atoms with Crippen LogP contribution in [0.15, 0.2) is 53.6 Å². The third-order valence-corrected chi connectivity index (χ3v) is 4.42. The number of unbranched alkanes of at least 4 members (excludes halogenated alkanes) is 1. The smallest absolute Gasteiger partial charge is 0.191 e. The van der Waals surface area contributed by atoms with Crippen LogP contribution in [0.25, 0.3) is 0 Å². The maximum absolute atomic E-state index is 5.43. The van der Waals surface area contributed by atoms with Crippen molar-refractivity contribution in [2.75, 3.05) is 29.9 Å². The predicted octanol–water partition coefficient (Wildman–Crippen LogP) is 5.03. The quantitative estimate of drug-likeness (QED) is 0.334. The van der Waals surface area contributed by atoms with Crippen LogP contribution >= 0.6 is 12.2 Å². The minimum atomic E-state index is 0.439. The summed E-state index contributed by atoms with van der Waals surface area (Å²) >= 11 is 5.27. The van der Waals surface area contributed by atoms with Crippen molar-refractivity contribution in [1.82, 2.24) is 5.43 Å². The second-order valence-corrected chi connectivity index (χ2v) is 6.71. The molecule has 0 unspecified atom stereocenters. The van der Waals surface area contributed by atoms with E-state index in [1.807, 2.05) is 31.2 Å². The molecular weight excluding hydrogens is 368 g/mol. The summed E-state index contributed by atoms with van der Waals surface area (Å²) in [5.74, 6) is 0.838. The zero-order valence-corrected chi connectivity index (χ0v) is 17.8. The van der Waals surface area contributed by atoms with E-state index in [0.29, 0.717) is 11.7 Å². The molecule has 0 saturated carbocycles. The fourth-order valence-corrected chi connectivity index (χ4v) is 2.89. The highest BCUT2D eigenvalue weighted by Gasteiger charge is 2.03. The van der Waals surface area contributed by atoms with Gasteiger partial charge in [0.05, 0.1) is 12.8 Å². The van der Waals surface area contributed by atoms with Gasteiger partial charge in [0.1, 0.15) is 5.75 Å². The average Bonchev–Trinajstić information content (AvgIpc) is 2.71. The summed E-state index contributed by atoms with van der Waals surface area (Å²) < 4.78 is 5.43. The SMILES string of the molecule is CCCCN(CC)c1ccc(/C=N/NC(=S)Nc2ccc(OCC)cc2)cc1. The summed E-state index contributed by atoms with van der Waals surface area (Å²) in [6.07, 6.45) is 4.18. The first-order valence-electron chi connectivity index (χ1n) is 9.84. The third kappa shape index (κ3) is 7.19. The first-order chi connectivity index (χ1) is 13.7. The van der Waals surface area contributed by atoms with Gasteiger partial charge in [-0.3, -0.25) is 5.43 Å². The van der Waals surface area contributed by atoms with Crippen LogP contribution in [0, 0.1) is 0 Å². The number of thiocarbonyl (C=S) groups is 1. The van der Waals surface area contributed by atoms with Crippen LogP contribution in [0.3, 0.4) is 0 Å². The predicted molar refractivity (Wildman–Crippen MR) is 124 cm³/mol. The molecule has 28 heavy (non-hydrogen) atoms. The topological polar surface area (TPSA) is 48.9 Å². The molecular formula is C22H30N4OS. The number of ether oxygens (including phenoxy) is 1. The zero-order valence-electron chi connectivity index (χ0n) is 16.9. The second kappa shape index (κ2) is 12.0. The highest BCUT2D eigenvalue weighted by molar-refractivity contribution is 7.80. The van der Waals surface area contributed by atoms with Crippen molar-refractivity contribution in [2.45, 2.75) is 33.6 Å². The van der Waals surface area contributed by atoms with Crippen molar-refractivity contribution in [1.29, 1.82) is 0 Å². The highest BCUT2D eigenvalue weighted by Crippen LogP contribution is 2.16. The number of nitrogens with one attached hydrogen (secondary N) is 2. The maximum Gasteiger partial charge on any atom is 0.191 e. The molecule has 6 heteroatoms. The summed E-state index contributed by atoms with van der Waals surface area (Å²) in [5, 5.41) is 7.74. The first kappa shape index (κ1) is 21.7. The average molecular weight is 399 g/mol. The van der Waals surface area contributed by atoms with E-state index in [9.17, 15) is 0 Å². The Hall–Kier alpha value is -2.60. The van der Waals surface area contributed by atoms with Crippen LogP contribution < -0.4 is 20.4 Å². The molecule has 150 valence electrons.